The highest BCUT2D eigenvalue weighted by Crippen LogP contribution is 2.57. The summed E-state index contributed by atoms with van der Waals surface area (Å²) in [6, 6.07) is 5.25. The van der Waals surface area contributed by atoms with Crippen molar-refractivity contribution >= 4 is 62.5 Å². The number of para-hydroxylation sites is 2. The van der Waals surface area contributed by atoms with Gasteiger partial charge in [-0.15, -0.1) is 0 Å². The van der Waals surface area contributed by atoms with E-state index in [0.717, 1.165) is 23.6 Å². The molecule has 1 saturated carbocycles. The normalized spacial score (nSPS) is 25.3. The number of rotatable bonds is 6. The Morgan fingerprint density at radius 3 is 2.40 bits per heavy atom. The van der Waals surface area contributed by atoms with Crippen molar-refractivity contribution in [2.75, 3.05) is 27.2 Å². The van der Waals surface area contributed by atoms with E-state index in [1.165, 1.54) is 19.0 Å². The first-order valence-corrected chi connectivity index (χ1v) is 20.1. The zero-order valence-corrected chi connectivity index (χ0v) is 33.6. The minimum absolute atomic E-state index is 0.00205. The Kier molecular flexibility index (Phi) is 14.4. The van der Waals surface area contributed by atoms with Crippen LogP contribution in [0.5, 0.6) is 0 Å². The van der Waals surface area contributed by atoms with Crippen LogP contribution in [0.25, 0.3) is 11.0 Å². The molecule has 2 aromatic rings. The number of amides is 3. The highest BCUT2D eigenvalue weighted by Gasteiger charge is 2.61. The molecule has 0 bridgehead atoms. The van der Waals surface area contributed by atoms with Crippen LogP contribution in [0, 0.1) is 11.3 Å². The minimum atomic E-state index is -4.07. The second-order valence-electron chi connectivity index (χ2n) is 15.1. The van der Waals surface area contributed by atoms with Crippen molar-refractivity contribution in [3.8, 4) is 0 Å². The topological polar surface area (TPSA) is 214 Å². The molecule has 2 fully saturated rings. The first-order chi connectivity index (χ1) is 25.8. The van der Waals surface area contributed by atoms with Crippen molar-refractivity contribution in [1.29, 1.82) is 0 Å². The number of hydrogen-bond acceptors (Lipinski definition) is 12. The summed E-state index contributed by atoms with van der Waals surface area (Å²) in [6.07, 6.45) is 5.44. The van der Waals surface area contributed by atoms with Crippen LogP contribution in [-0.2, 0) is 34.1 Å². The molecule has 3 aliphatic rings. The Bertz CT molecular complexity index is 1900. The Morgan fingerprint density at radius 1 is 1.09 bits per heavy atom. The number of fused-ring (bicyclic) bond motifs is 3. The zero-order valence-electron chi connectivity index (χ0n) is 32.0. The summed E-state index contributed by atoms with van der Waals surface area (Å²) in [4.78, 5) is 74.0. The van der Waals surface area contributed by atoms with Crippen molar-refractivity contribution in [2.45, 2.75) is 103 Å². The highest BCUT2D eigenvalue weighted by atomic mass is 35.5. The number of ketones is 1. The van der Waals surface area contributed by atoms with E-state index in [4.69, 9.17) is 21.1 Å². The molecule has 3 heterocycles. The molecule has 3 amide bonds. The molecular formula is C37H51ClN6O10S. The van der Waals surface area contributed by atoms with Gasteiger partial charge in [-0.25, -0.2) is 24.3 Å². The van der Waals surface area contributed by atoms with Gasteiger partial charge in [0.25, 0.3) is 0 Å². The molecule has 18 heteroatoms. The number of aliphatic hydroxyl groups excluding tert-OH is 1. The predicted octanol–water partition coefficient (Wildman–Crippen LogP) is 3.71. The molecule has 1 saturated heterocycles. The second kappa shape index (κ2) is 18.2. The number of esters is 1. The zero-order chi connectivity index (χ0) is 40.7. The Morgan fingerprint density at radius 2 is 1.76 bits per heavy atom. The third-order valence-electron chi connectivity index (χ3n) is 9.43. The van der Waals surface area contributed by atoms with Gasteiger partial charge in [0.2, 0.25) is 11.8 Å². The van der Waals surface area contributed by atoms with E-state index >= 15 is 0 Å². The largest absolute Gasteiger partial charge is 0.461 e. The van der Waals surface area contributed by atoms with Crippen LogP contribution in [0.2, 0.25) is 5.15 Å². The number of halogens is 1. The molecule has 2 aliphatic heterocycles. The van der Waals surface area contributed by atoms with Crippen LogP contribution >= 0.6 is 11.6 Å². The molecule has 16 nitrogen and oxygen atoms in total. The van der Waals surface area contributed by atoms with E-state index in [2.05, 4.69) is 20.0 Å². The molecule has 0 radical (unpaired) electrons. The standard InChI is InChI=1S/C26H42N4O8S.C11H9ClN2O2/c1-25(2,3)38-24(35)27-19-12-10-8-6-7-9-11-17-14-26(17,23(34)28-39(36,37)29(4)5)15-21(32)20-13-18(31)16-30(20)22(19)33;1-2-16-11(15)9-10(12)14-8-6-4-3-5-7(8)13-9/h9,11,17-20,31H,6-8,10,12-16H2,1-5H3,(H,27,35)(H,28,34);3-6H,2H2,1H3/b11-9-;/t17-,18-,19+,20+,26-;/m1./s1. The maximum Gasteiger partial charge on any atom is 0.408 e. The number of ether oxygens (including phenoxy) is 2. The second-order valence-corrected chi connectivity index (χ2v) is 17.3. The van der Waals surface area contributed by atoms with Gasteiger partial charge in [0.15, 0.2) is 16.6 Å². The lowest BCUT2D eigenvalue weighted by molar-refractivity contribution is -0.140. The van der Waals surface area contributed by atoms with E-state index in [0.29, 0.717) is 30.3 Å². The van der Waals surface area contributed by atoms with E-state index < -0.39 is 69.1 Å². The number of aliphatic hydroxyl groups is 1. The summed E-state index contributed by atoms with van der Waals surface area (Å²) >= 11 is 5.86. The molecule has 302 valence electrons. The van der Waals surface area contributed by atoms with Crippen LogP contribution in [0.15, 0.2) is 36.4 Å². The number of alkyl carbamates (subject to hydrolysis) is 1. The summed E-state index contributed by atoms with van der Waals surface area (Å²) in [7, 11) is -1.47. The van der Waals surface area contributed by atoms with E-state index in [9.17, 15) is 37.5 Å². The van der Waals surface area contributed by atoms with Gasteiger partial charge in [0.1, 0.15) is 11.6 Å². The molecule has 0 unspecified atom stereocenters. The molecule has 1 aromatic heterocycles. The first kappa shape index (κ1) is 43.5. The van der Waals surface area contributed by atoms with Gasteiger partial charge in [-0.1, -0.05) is 48.7 Å². The highest BCUT2D eigenvalue weighted by molar-refractivity contribution is 7.87. The predicted molar refractivity (Wildman–Crippen MR) is 203 cm³/mol. The lowest BCUT2D eigenvalue weighted by Gasteiger charge is -2.30. The summed E-state index contributed by atoms with van der Waals surface area (Å²) in [5, 5.41) is 13.1. The van der Waals surface area contributed by atoms with Crippen LogP contribution in [-0.4, -0.2) is 113 Å². The number of aromatic nitrogens is 2. The first-order valence-electron chi connectivity index (χ1n) is 18.3. The van der Waals surface area contributed by atoms with Crippen LogP contribution in [0.3, 0.4) is 0 Å². The average Bonchev–Trinajstić information content (AvgIpc) is 3.65. The monoisotopic (exact) mass is 806 g/mol. The maximum absolute atomic E-state index is 13.6. The van der Waals surface area contributed by atoms with Gasteiger partial charge in [0, 0.05) is 33.5 Å². The quantitative estimate of drug-likeness (QED) is 0.282. The van der Waals surface area contributed by atoms with Gasteiger partial charge in [0.05, 0.1) is 35.2 Å². The SMILES string of the molecule is CCOC(=O)c1nc2ccccc2nc1Cl.CN(C)S(=O)(=O)NC(=O)[C@]12CC(=O)[C@@H]3C[C@@H](O)CN3C(=O)[C@@H](NC(=O)OC(C)(C)C)CCCCC/C=C\[C@@H]1C2. The van der Waals surface area contributed by atoms with Gasteiger partial charge in [-0.2, -0.15) is 12.7 Å². The molecular weight excluding hydrogens is 756 g/mol. The Balaban J connectivity index is 0.000000348. The third kappa shape index (κ3) is 11.4. The third-order valence-corrected chi connectivity index (χ3v) is 11.1. The van der Waals surface area contributed by atoms with Gasteiger partial charge >= 0.3 is 22.3 Å². The van der Waals surface area contributed by atoms with Crippen molar-refractivity contribution < 1.29 is 47.0 Å². The summed E-state index contributed by atoms with van der Waals surface area (Å²) < 4.78 is 37.9. The number of benzene rings is 1. The molecule has 3 N–H and O–H groups in total. The summed E-state index contributed by atoms with van der Waals surface area (Å²) in [5.41, 5.74) is -0.692. The summed E-state index contributed by atoms with van der Waals surface area (Å²) in [6.45, 7) is 7.06. The van der Waals surface area contributed by atoms with Crippen LogP contribution < -0.4 is 10.0 Å². The fourth-order valence-corrected chi connectivity index (χ4v) is 7.33. The molecule has 5 rings (SSSR count). The number of allylic oxidation sites excluding steroid dienone is 2. The molecule has 5 atom stereocenters. The van der Waals surface area contributed by atoms with Crippen LogP contribution in [0.4, 0.5) is 4.79 Å². The van der Waals surface area contributed by atoms with E-state index in [1.54, 1.807) is 39.8 Å². The number of carbonyl (C=O) groups excluding carboxylic acids is 5. The van der Waals surface area contributed by atoms with Gasteiger partial charge in [-0.05, 0) is 71.4 Å². The lowest BCUT2D eigenvalue weighted by atomic mass is 9.91. The van der Waals surface area contributed by atoms with Gasteiger partial charge in [-0.3, -0.25) is 14.4 Å². The van der Waals surface area contributed by atoms with E-state index in [-0.39, 0.29) is 42.8 Å². The number of carbonyl (C=O) groups is 5. The molecule has 1 aromatic carbocycles. The number of Topliss-reactive ketones (excluding diaryl/α,β-unsaturated/α-hetero) is 1. The molecule has 1 aliphatic carbocycles. The fraction of sp³-hybridized carbons (Fsp3) is 0.595. The average molecular weight is 807 g/mol. The number of hydrogen-bond donors (Lipinski definition) is 3. The molecule has 0 spiro atoms. The minimum Gasteiger partial charge on any atom is -0.461 e. The number of nitrogens with one attached hydrogen (secondary N) is 2. The van der Waals surface area contributed by atoms with Crippen molar-refractivity contribution in [1.82, 2.24) is 29.2 Å². The fourth-order valence-electron chi connectivity index (χ4n) is 6.49. The number of nitrogens with zero attached hydrogens (tertiary/aromatic N) is 4. The van der Waals surface area contributed by atoms with Gasteiger partial charge < -0.3 is 24.8 Å². The smallest absolute Gasteiger partial charge is 0.408 e. The lowest BCUT2D eigenvalue weighted by Crippen LogP contribution is -2.53. The Hall–Kier alpha value is -4.19. The van der Waals surface area contributed by atoms with Crippen molar-refractivity contribution in [2.24, 2.45) is 11.3 Å². The summed E-state index contributed by atoms with van der Waals surface area (Å²) in [5.74, 6) is -2.56. The molecule has 55 heavy (non-hydrogen) atoms. The van der Waals surface area contributed by atoms with Crippen molar-refractivity contribution in [3.63, 3.8) is 0 Å². The van der Waals surface area contributed by atoms with E-state index in [1.807, 2.05) is 24.3 Å². The van der Waals surface area contributed by atoms with Crippen molar-refractivity contribution in [3.05, 3.63) is 47.3 Å². The Labute approximate surface area is 326 Å². The maximum atomic E-state index is 13.6. The van der Waals surface area contributed by atoms with Crippen LogP contribution in [0.1, 0.15) is 89.5 Å².